The molecular formula is C35H50N4O8. The van der Waals surface area contributed by atoms with E-state index >= 15 is 0 Å². The molecule has 0 aliphatic carbocycles. The van der Waals surface area contributed by atoms with Crippen LogP contribution in [0.15, 0.2) is 43.6 Å². The molecule has 4 atom stereocenters. The summed E-state index contributed by atoms with van der Waals surface area (Å²) in [6.45, 7) is 19.5. The van der Waals surface area contributed by atoms with E-state index < -0.39 is 53.2 Å². The number of alkyl carbamates (subject to hydrolysis) is 1. The summed E-state index contributed by atoms with van der Waals surface area (Å²) in [5.41, 5.74) is -0.387. The van der Waals surface area contributed by atoms with Crippen LogP contribution in [0.4, 0.5) is 4.79 Å². The molecule has 1 fully saturated rings. The largest absolute Gasteiger partial charge is 0.496 e. The van der Waals surface area contributed by atoms with Crippen LogP contribution < -0.4 is 20.1 Å². The quantitative estimate of drug-likeness (QED) is 0.170. The molecule has 258 valence electrons. The van der Waals surface area contributed by atoms with E-state index in [1.165, 1.54) is 7.11 Å². The number of methoxy groups -OCH3 is 2. The van der Waals surface area contributed by atoms with E-state index in [1.807, 2.05) is 43.9 Å². The number of pyridine rings is 1. The van der Waals surface area contributed by atoms with Crippen molar-refractivity contribution < 1.29 is 38.1 Å². The first kappa shape index (κ1) is 37.3. The Labute approximate surface area is 277 Å². The van der Waals surface area contributed by atoms with E-state index in [4.69, 9.17) is 23.7 Å². The average molecular weight is 655 g/mol. The second-order valence-electron chi connectivity index (χ2n) is 13.6. The van der Waals surface area contributed by atoms with Gasteiger partial charge in [-0.25, -0.2) is 9.78 Å². The van der Waals surface area contributed by atoms with Gasteiger partial charge >= 0.3 is 12.1 Å². The highest BCUT2D eigenvalue weighted by atomic mass is 16.6. The lowest BCUT2D eigenvalue weighted by molar-refractivity contribution is -0.146. The van der Waals surface area contributed by atoms with Gasteiger partial charge < -0.3 is 34.3 Å². The highest BCUT2D eigenvalue weighted by Gasteiger charge is 2.42. The summed E-state index contributed by atoms with van der Waals surface area (Å²) in [4.78, 5) is 45.7. The highest BCUT2D eigenvalue weighted by molar-refractivity contribution is 5.90. The summed E-state index contributed by atoms with van der Waals surface area (Å²) < 4.78 is 28.0. The maximum Gasteiger partial charge on any atom is 0.408 e. The monoisotopic (exact) mass is 654 g/mol. The fourth-order valence-corrected chi connectivity index (χ4v) is 5.25. The van der Waals surface area contributed by atoms with Gasteiger partial charge in [0, 0.05) is 42.7 Å². The van der Waals surface area contributed by atoms with Crippen LogP contribution in [-0.2, 0) is 23.8 Å². The number of rotatable bonds is 14. The topological polar surface area (TPSA) is 138 Å². The number of nitrogens with one attached hydrogen (secondary N) is 2. The van der Waals surface area contributed by atoms with Gasteiger partial charge in [0.05, 0.1) is 27.4 Å². The Balaban J connectivity index is 1.83. The lowest BCUT2D eigenvalue weighted by atomic mass is 9.86. The van der Waals surface area contributed by atoms with Crippen LogP contribution in [-0.4, -0.2) is 98.2 Å². The summed E-state index contributed by atoms with van der Waals surface area (Å²) in [6, 6.07) is 3.61. The van der Waals surface area contributed by atoms with Crippen LogP contribution in [0.3, 0.4) is 0 Å². The predicted molar refractivity (Wildman–Crippen MR) is 180 cm³/mol. The molecule has 1 aliphatic heterocycles. The smallest absolute Gasteiger partial charge is 0.408 e. The predicted octanol–water partition coefficient (Wildman–Crippen LogP) is 4.51. The summed E-state index contributed by atoms with van der Waals surface area (Å²) in [6.07, 6.45) is 4.16. The Morgan fingerprint density at radius 3 is 2.43 bits per heavy atom. The van der Waals surface area contributed by atoms with Gasteiger partial charge in [-0.3, -0.25) is 14.5 Å². The Kier molecular flexibility index (Phi) is 12.8. The van der Waals surface area contributed by atoms with Crippen molar-refractivity contribution in [2.75, 3.05) is 40.5 Å². The second-order valence-corrected chi connectivity index (χ2v) is 13.6. The van der Waals surface area contributed by atoms with Crippen molar-refractivity contribution in [3.05, 3.63) is 49.2 Å². The number of benzene rings is 1. The first-order chi connectivity index (χ1) is 22.1. The van der Waals surface area contributed by atoms with Gasteiger partial charge in [-0.1, -0.05) is 39.5 Å². The molecule has 2 aromatic rings. The van der Waals surface area contributed by atoms with E-state index in [0.29, 0.717) is 31.1 Å². The lowest BCUT2D eigenvalue weighted by Gasteiger charge is -2.37. The molecule has 47 heavy (non-hydrogen) atoms. The first-order valence-electron chi connectivity index (χ1n) is 15.7. The van der Waals surface area contributed by atoms with E-state index in [9.17, 15) is 14.4 Å². The number of fused-ring (bicyclic) bond motifs is 1. The number of nitrogens with zero attached hydrogens (tertiary/aromatic N) is 2. The number of carbonyl (C=O) groups excluding carboxylic acids is 3. The second kappa shape index (κ2) is 16.1. The van der Waals surface area contributed by atoms with Crippen molar-refractivity contribution >= 4 is 34.8 Å². The van der Waals surface area contributed by atoms with Gasteiger partial charge in [0.1, 0.15) is 29.5 Å². The Morgan fingerprint density at radius 2 is 1.83 bits per heavy atom. The number of carbonyl (C=O) groups is 3. The molecule has 0 bridgehead atoms. The third-order valence-electron chi connectivity index (χ3n) is 7.72. The van der Waals surface area contributed by atoms with Crippen molar-refractivity contribution in [2.24, 2.45) is 5.41 Å². The van der Waals surface area contributed by atoms with Crippen molar-refractivity contribution in [2.45, 2.75) is 77.8 Å². The van der Waals surface area contributed by atoms with Crippen LogP contribution in [0.25, 0.3) is 16.8 Å². The molecule has 3 rings (SSSR count). The van der Waals surface area contributed by atoms with E-state index in [-0.39, 0.29) is 13.2 Å². The minimum Gasteiger partial charge on any atom is -0.496 e. The fraction of sp³-hybridized carbons (Fsp3) is 0.543. The Hall–Kier alpha value is -4.16. The zero-order chi connectivity index (χ0) is 34.9. The van der Waals surface area contributed by atoms with Gasteiger partial charge in [0.25, 0.3) is 0 Å². The summed E-state index contributed by atoms with van der Waals surface area (Å²) in [5.74, 6) is 0.269. The molecule has 12 heteroatoms. The minimum atomic E-state index is -1.03. The van der Waals surface area contributed by atoms with Crippen LogP contribution in [0.2, 0.25) is 0 Å². The normalized spacial score (nSPS) is 18.1. The average Bonchev–Trinajstić information content (AvgIpc) is 3.39. The summed E-state index contributed by atoms with van der Waals surface area (Å²) in [7, 11) is 2.96. The molecule has 2 amide bonds. The van der Waals surface area contributed by atoms with Crippen LogP contribution in [0, 0.1) is 5.41 Å². The van der Waals surface area contributed by atoms with E-state index in [2.05, 4.69) is 28.8 Å². The fourth-order valence-electron chi connectivity index (χ4n) is 5.25. The number of amides is 2. The third kappa shape index (κ3) is 10.4. The highest BCUT2D eigenvalue weighted by Crippen LogP contribution is 2.33. The molecule has 0 spiro atoms. The first-order valence-corrected chi connectivity index (χ1v) is 15.7. The molecule has 4 unspecified atom stereocenters. The molecular weight excluding hydrogens is 604 g/mol. The zero-order valence-electron chi connectivity index (χ0n) is 28.9. The van der Waals surface area contributed by atoms with Crippen molar-refractivity contribution in [1.29, 1.82) is 0 Å². The van der Waals surface area contributed by atoms with E-state index in [1.54, 1.807) is 46.2 Å². The number of likely N-dealkylation sites (tertiary alicyclic amines) is 1. The van der Waals surface area contributed by atoms with Crippen LogP contribution in [0.5, 0.6) is 11.6 Å². The summed E-state index contributed by atoms with van der Waals surface area (Å²) in [5, 5.41) is 7.39. The molecule has 1 aromatic carbocycles. The molecule has 1 saturated heterocycles. The molecule has 0 saturated carbocycles. The number of hydrogen-bond donors (Lipinski definition) is 2. The maximum atomic E-state index is 13.6. The van der Waals surface area contributed by atoms with Gasteiger partial charge in [0.15, 0.2) is 0 Å². The summed E-state index contributed by atoms with van der Waals surface area (Å²) >= 11 is 0. The minimum absolute atomic E-state index is 0.0875. The molecule has 2 N–H and O–H groups in total. The van der Waals surface area contributed by atoms with Crippen molar-refractivity contribution in [3.8, 4) is 11.6 Å². The Morgan fingerprint density at radius 1 is 1.11 bits per heavy atom. The maximum absolute atomic E-state index is 13.6. The Bertz CT molecular complexity index is 1430. The molecule has 0 radical (unpaired) electrons. The molecule has 1 aromatic heterocycles. The van der Waals surface area contributed by atoms with Gasteiger partial charge in [0.2, 0.25) is 11.8 Å². The van der Waals surface area contributed by atoms with Crippen molar-refractivity contribution in [3.63, 3.8) is 0 Å². The van der Waals surface area contributed by atoms with Gasteiger partial charge in [-0.05, 0) is 49.8 Å². The van der Waals surface area contributed by atoms with Gasteiger partial charge in [-0.15, -0.1) is 6.58 Å². The number of esters is 1. The van der Waals surface area contributed by atoms with Gasteiger partial charge in [-0.2, -0.15) is 0 Å². The van der Waals surface area contributed by atoms with Crippen LogP contribution in [0.1, 0.15) is 53.5 Å². The number of hydrogen-bond acceptors (Lipinski definition) is 10. The number of ether oxygens (including phenoxy) is 5. The zero-order valence-corrected chi connectivity index (χ0v) is 28.9. The number of aromatic nitrogens is 1. The third-order valence-corrected chi connectivity index (χ3v) is 7.72. The standard InChI is InChI=1S/C35H50N4O8/c1-11-15-45-21-26(37-33(42)47-35(6,7)8)30(40)38-29(34(3,4)5)20-39-19-24(18-27(39)32(41)44-10)46-31-25-16-22(12-2)28(43-9)17-23(25)13-14-36-31/h11-14,16-17,24,26-27,29H,1-2,15,18-21H2,3-10H3,(H,37,42)(H,38,40). The van der Waals surface area contributed by atoms with E-state index in [0.717, 1.165) is 16.3 Å². The molecule has 2 heterocycles. The lowest BCUT2D eigenvalue weighted by Crippen LogP contribution is -2.58. The molecule has 1 aliphatic rings. The van der Waals surface area contributed by atoms with Crippen LogP contribution >= 0.6 is 0 Å². The molecule has 12 nitrogen and oxygen atoms in total. The van der Waals surface area contributed by atoms with Crippen molar-refractivity contribution in [1.82, 2.24) is 20.5 Å². The SMILES string of the molecule is C=CCOCC(NC(=O)OC(C)(C)C)C(=O)NC(CN1CC(Oc2nccc3cc(OC)c(C=C)cc23)CC1C(=O)OC)C(C)(C)C.